The number of terminal acetylenes is 1. The summed E-state index contributed by atoms with van der Waals surface area (Å²) in [6, 6.07) is 23.7. The van der Waals surface area contributed by atoms with Gasteiger partial charge in [-0.1, -0.05) is 48.4 Å². The molecule has 0 spiro atoms. The van der Waals surface area contributed by atoms with Gasteiger partial charge in [-0.15, -0.1) is 6.42 Å². The van der Waals surface area contributed by atoms with E-state index in [-0.39, 0.29) is 0 Å². The number of methoxy groups -OCH3 is 1. The van der Waals surface area contributed by atoms with Crippen molar-refractivity contribution in [1.82, 2.24) is 0 Å². The van der Waals surface area contributed by atoms with Crippen LogP contribution in [0.5, 0.6) is 11.5 Å². The van der Waals surface area contributed by atoms with Crippen LogP contribution in [0.3, 0.4) is 0 Å². The molecular formula is C22H18O2. The van der Waals surface area contributed by atoms with Gasteiger partial charge in [-0.3, -0.25) is 0 Å². The lowest BCUT2D eigenvalue weighted by atomic mass is 10.0. The smallest absolute Gasteiger partial charge is 0.127 e. The van der Waals surface area contributed by atoms with Crippen LogP contribution in [-0.4, -0.2) is 7.11 Å². The fraction of sp³-hybridized carbons (Fsp3) is 0.0909. The molecule has 118 valence electrons. The zero-order valence-corrected chi connectivity index (χ0v) is 13.5. The largest absolute Gasteiger partial charge is 0.497 e. The minimum atomic E-state index is 0.507. The third-order valence-electron chi connectivity index (χ3n) is 3.76. The quantitative estimate of drug-likeness (QED) is 0.622. The van der Waals surface area contributed by atoms with Crippen molar-refractivity contribution in [3.05, 3.63) is 83.9 Å². The Bertz CT molecular complexity index is 861. The van der Waals surface area contributed by atoms with Gasteiger partial charge in [0.2, 0.25) is 0 Å². The topological polar surface area (TPSA) is 18.5 Å². The molecule has 24 heavy (non-hydrogen) atoms. The lowest BCUT2D eigenvalue weighted by Crippen LogP contribution is -1.97. The Labute approximate surface area is 142 Å². The molecule has 0 amide bonds. The van der Waals surface area contributed by atoms with Crippen molar-refractivity contribution in [3.63, 3.8) is 0 Å². The van der Waals surface area contributed by atoms with Gasteiger partial charge >= 0.3 is 0 Å². The molecule has 3 aromatic rings. The van der Waals surface area contributed by atoms with Crippen LogP contribution >= 0.6 is 0 Å². The van der Waals surface area contributed by atoms with Crippen molar-refractivity contribution in [1.29, 1.82) is 0 Å². The van der Waals surface area contributed by atoms with Crippen LogP contribution in [0.4, 0.5) is 0 Å². The summed E-state index contributed by atoms with van der Waals surface area (Å²) in [7, 11) is 1.66. The zero-order valence-electron chi connectivity index (χ0n) is 13.5. The Morgan fingerprint density at radius 2 is 1.75 bits per heavy atom. The molecule has 0 heterocycles. The van der Waals surface area contributed by atoms with Crippen LogP contribution in [0.1, 0.15) is 11.1 Å². The van der Waals surface area contributed by atoms with E-state index >= 15 is 0 Å². The fourth-order valence-corrected chi connectivity index (χ4v) is 2.50. The van der Waals surface area contributed by atoms with Gasteiger partial charge in [-0.2, -0.15) is 0 Å². The van der Waals surface area contributed by atoms with E-state index in [0.717, 1.165) is 33.8 Å². The standard InChI is InChI=1S/C22H18O2/c1-3-17-12-13-22(24-16-18-8-5-4-6-9-18)21(14-17)19-10-7-11-20(15-19)23-2/h1,4-15H,16H2,2H3. The second kappa shape index (κ2) is 7.39. The Kier molecular flexibility index (Phi) is 4.84. The summed E-state index contributed by atoms with van der Waals surface area (Å²) >= 11 is 0. The van der Waals surface area contributed by atoms with Gasteiger partial charge in [-0.05, 0) is 41.5 Å². The molecule has 2 nitrogen and oxygen atoms in total. The van der Waals surface area contributed by atoms with Crippen molar-refractivity contribution < 1.29 is 9.47 Å². The monoisotopic (exact) mass is 314 g/mol. The van der Waals surface area contributed by atoms with E-state index in [1.54, 1.807) is 7.11 Å². The van der Waals surface area contributed by atoms with Gasteiger partial charge in [0.1, 0.15) is 18.1 Å². The normalized spacial score (nSPS) is 10.0. The Balaban J connectivity index is 1.95. The number of hydrogen-bond acceptors (Lipinski definition) is 2. The summed E-state index contributed by atoms with van der Waals surface area (Å²) in [6.07, 6.45) is 5.55. The maximum absolute atomic E-state index is 6.04. The van der Waals surface area contributed by atoms with Crippen LogP contribution < -0.4 is 9.47 Å². The van der Waals surface area contributed by atoms with Gasteiger partial charge in [0, 0.05) is 11.1 Å². The van der Waals surface area contributed by atoms with E-state index in [1.165, 1.54) is 0 Å². The van der Waals surface area contributed by atoms with E-state index in [2.05, 4.69) is 5.92 Å². The predicted octanol–water partition coefficient (Wildman–Crippen LogP) is 4.92. The molecule has 0 fully saturated rings. The molecule has 0 atom stereocenters. The van der Waals surface area contributed by atoms with E-state index in [0.29, 0.717) is 6.61 Å². The molecule has 0 radical (unpaired) electrons. The van der Waals surface area contributed by atoms with Gasteiger partial charge in [0.05, 0.1) is 7.11 Å². The molecule has 3 aromatic carbocycles. The lowest BCUT2D eigenvalue weighted by molar-refractivity contribution is 0.307. The van der Waals surface area contributed by atoms with Gasteiger partial charge in [0.25, 0.3) is 0 Å². The molecule has 0 saturated heterocycles. The first-order chi connectivity index (χ1) is 11.8. The van der Waals surface area contributed by atoms with Crippen LogP contribution in [-0.2, 0) is 6.61 Å². The molecule has 0 aromatic heterocycles. The Morgan fingerprint density at radius 1 is 0.917 bits per heavy atom. The summed E-state index contributed by atoms with van der Waals surface area (Å²) in [5.41, 5.74) is 3.91. The Hall–Kier alpha value is -3.18. The molecule has 0 bridgehead atoms. The van der Waals surface area contributed by atoms with Gasteiger partial charge < -0.3 is 9.47 Å². The maximum Gasteiger partial charge on any atom is 0.127 e. The van der Waals surface area contributed by atoms with Crippen LogP contribution in [0.25, 0.3) is 11.1 Å². The molecule has 0 unspecified atom stereocenters. The first-order valence-electron chi connectivity index (χ1n) is 7.72. The van der Waals surface area contributed by atoms with E-state index in [4.69, 9.17) is 15.9 Å². The number of hydrogen-bond donors (Lipinski definition) is 0. The SMILES string of the molecule is C#Cc1ccc(OCc2ccccc2)c(-c2cccc(OC)c2)c1. The molecular weight excluding hydrogens is 296 g/mol. The van der Waals surface area contributed by atoms with E-state index < -0.39 is 0 Å². The third kappa shape index (κ3) is 3.59. The molecule has 0 saturated carbocycles. The van der Waals surface area contributed by atoms with Crippen molar-refractivity contribution in [2.75, 3.05) is 7.11 Å². The van der Waals surface area contributed by atoms with Gasteiger partial charge in [-0.25, -0.2) is 0 Å². The molecule has 2 heteroatoms. The number of benzene rings is 3. The van der Waals surface area contributed by atoms with Crippen LogP contribution in [0.2, 0.25) is 0 Å². The summed E-state index contributed by atoms with van der Waals surface area (Å²) in [6.45, 7) is 0.507. The maximum atomic E-state index is 6.04. The van der Waals surface area contributed by atoms with E-state index in [9.17, 15) is 0 Å². The predicted molar refractivity (Wildman–Crippen MR) is 97.1 cm³/mol. The summed E-state index contributed by atoms with van der Waals surface area (Å²) in [5.74, 6) is 4.28. The number of rotatable bonds is 5. The van der Waals surface area contributed by atoms with Gasteiger partial charge in [0.15, 0.2) is 0 Å². The fourth-order valence-electron chi connectivity index (χ4n) is 2.50. The first kappa shape index (κ1) is 15.7. The molecule has 3 rings (SSSR count). The van der Waals surface area contributed by atoms with Crippen LogP contribution in [0.15, 0.2) is 72.8 Å². The molecule has 0 aliphatic rings. The minimum absolute atomic E-state index is 0.507. The third-order valence-corrected chi connectivity index (χ3v) is 3.76. The summed E-state index contributed by atoms with van der Waals surface area (Å²) < 4.78 is 11.4. The highest BCUT2D eigenvalue weighted by Gasteiger charge is 2.09. The number of ether oxygens (including phenoxy) is 2. The van der Waals surface area contributed by atoms with Crippen LogP contribution in [0, 0.1) is 12.3 Å². The van der Waals surface area contributed by atoms with Crippen molar-refractivity contribution in [3.8, 4) is 35.0 Å². The first-order valence-corrected chi connectivity index (χ1v) is 7.72. The highest BCUT2D eigenvalue weighted by atomic mass is 16.5. The lowest BCUT2D eigenvalue weighted by Gasteiger charge is -2.13. The summed E-state index contributed by atoms with van der Waals surface area (Å²) in [5, 5.41) is 0. The van der Waals surface area contributed by atoms with Crippen molar-refractivity contribution in [2.45, 2.75) is 6.61 Å². The second-order valence-corrected chi connectivity index (χ2v) is 5.36. The second-order valence-electron chi connectivity index (χ2n) is 5.36. The molecule has 0 N–H and O–H groups in total. The average Bonchev–Trinajstić information content (AvgIpc) is 2.67. The molecule has 0 aliphatic carbocycles. The van der Waals surface area contributed by atoms with Crippen molar-refractivity contribution >= 4 is 0 Å². The summed E-state index contributed by atoms with van der Waals surface area (Å²) in [4.78, 5) is 0. The molecule has 0 aliphatic heterocycles. The minimum Gasteiger partial charge on any atom is -0.497 e. The van der Waals surface area contributed by atoms with Crippen molar-refractivity contribution in [2.24, 2.45) is 0 Å². The zero-order chi connectivity index (χ0) is 16.8. The highest BCUT2D eigenvalue weighted by molar-refractivity contribution is 5.73. The van der Waals surface area contributed by atoms with E-state index in [1.807, 2.05) is 72.8 Å². The highest BCUT2D eigenvalue weighted by Crippen LogP contribution is 2.33. The Morgan fingerprint density at radius 3 is 2.50 bits per heavy atom. The average molecular weight is 314 g/mol.